The van der Waals surface area contributed by atoms with E-state index >= 15 is 0 Å². The van der Waals surface area contributed by atoms with Gasteiger partial charge in [0.2, 0.25) is 5.95 Å². The number of aromatic nitrogens is 5. The molecule has 0 aliphatic rings. The molecule has 0 N–H and O–H groups in total. The number of fused-ring (bicyclic) bond motifs is 7. The van der Waals surface area contributed by atoms with Crippen LogP contribution in [0.1, 0.15) is 19.2 Å². The van der Waals surface area contributed by atoms with Crippen LogP contribution in [0.3, 0.4) is 0 Å². The van der Waals surface area contributed by atoms with E-state index in [2.05, 4.69) is 45.9 Å². The SMILES string of the molecule is [2H]c1c([2H])c([2H])c(-c2nc(-c3c([2H])c([2H])c([2H])c(-c4c([2H])c([2H])c([2H])c([2H])c4[2H])c3[2H])nc(-n3c4ccccc4c4c5c6ccccc6n(-c6cccc(-c7ccccc7)c6)c5ccc43)n2)c([2H])c1[2H]. The fraction of sp³-hybridized carbons (Fsp3) is 0. The summed E-state index contributed by atoms with van der Waals surface area (Å²) in [6.45, 7) is 0. The molecule has 0 aliphatic carbocycles. The number of nitrogens with zero attached hydrogens (tertiary/aromatic N) is 5. The van der Waals surface area contributed by atoms with Crippen molar-refractivity contribution in [3.63, 3.8) is 0 Å². The molecule has 56 heavy (non-hydrogen) atoms. The number of hydrogen-bond acceptors (Lipinski definition) is 3. The van der Waals surface area contributed by atoms with Crippen LogP contribution in [0.25, 0.3) is 100 Å². The lowest BCUT2D eigenvalue weighted by atomic mass is 10.0. The van der Waals surface area contributed by atoms with Gasteiger partial charge in [0, 0.05) is 38.4 Å². The monoisotopic (exact) mass is 729 g/mol. The van der Waals surface area contributed by atoms with Gasteiger partial charge in [-0.05, 0) is 64.7 Å². The lowest BCUT2D eigenvalue weighted by Crippen LogP contribution is -2.06. The van der Waals surface area contributed by atoms with Crippen molar-refractivity contribution in [3.8, 4) is 56.7 Å². The van der Waals surface area contributed by atoms with Crippen molar-refractivity contribution >= 4 is 43.6 Å². The number of benzene rings is 8. The fourth-order valence-corrected chi connectivity index (χ4v) is 7.47. The Kier molecular flexibility index (Phi) is 4.83. The Balaban J connectivity index is 1.25. The van der Waals surface area contributed by atoms with E-state index in [-0.39, 0.29) is 5.95 Å². The summed E-state index contributed by atoms with van der Waals surface area (Å²) in [5.74, 6) is -1.09. The molecule has 262 valence electrons. The van der Waals surface area contributed by atoms with E-state index < -0.39 is 118 Å². The van der Waals surface area contributed by atoms with Crippen LogP contribution < -0.4 is 0 Å². The van der Waals surface area contributed by atoms with Crippen LogP contribution in [0, 0.1) is 0 Å². The third kappa shape index (κ3) is 5.21. The normalized spacial score (nSPS) is 15.1. The van der Waals surface area contributed by atoms with E-state index in [0.717, 1.165) is 49.4 Å². The molecule has 0 atom stereocenters. The second-order valence-corrected chi connectivity index (χ2v) is 13.0. The van der Waals surface area contributed by atoms with Crippen molar-refractivity contribution in [2.24, 2.45) is 0 Å². The summed E-state index contributed by atoms with van der Waals surface area (Å²) in [4.78, 5) is 14.2. The largest absolute Gasteiger partial charge is 0.309 e. The van der Waals surface area contributed by atoms with Gasteiger partial charge < -0.3 is 4.57 Å². The Morgan fingerprint density at radius 2 is 0.929 bits per heavy atom. The highest BCUT2D eigenvalue weighted by Crippen LogP contribution is 2.42. The minimum Gasteiger partial charge on any atom is -0.309 e. The van der Waals surface area contributed by atoms with Crippen LogP contribution in [0.4, 0.5) is 0 Å². The molecular formula is C51H33N5. The van der Waals surface area contributed by atoms with Crippen LogP contribution >= 0.6 is 0 Å². The molecule has 11 rings (SSSR count). The molecular weight excluding hydrogens is 683 g/mol. The van der Waals surface area contributed by atoms with Gasteiger partial charge in [-0.15, -0.1) is 0 Å². The van der Waals surface area contributed by atoms with E-state index in [1.165, 1.54) is 0 Å². The predicted octanol–water partition coefficient (Wildman–Crippen LogP) is 12.7. The molecule has 0 saturated heterocycles. The summed E-state index contributed by atoms with van der Waals surface area (Å²) in [5, 5.41) is 3.39. The standard InChI is InChI=1S/C51H33N5/c1-4-16-34(17-5-1)37-22-14-24-39(32-37)50-52-49(36-20-8-3-9-21-36)53-51(54-50)56-44-29-13-11-27-42(44)48-46(56)31-30-45-47(48)41-26-10-12-28-43(41)55(45)40-25-15-23-38(33-40)35-18-6-2-7-19-35/h1-33H/i1D,3D,4D,5D,8D,9D,14D,16D,17D,20D,21D,22D,24D,32D. The molecule has 5 heteroatoms. The highest BCUT2D eigenvalue weighted by atomic mass is 15.2. The van der Waals surface area contributed by atoms with Crippen LogP contribution in [0.15, 0.2) is 200 Å². The maximum absolute atomic E-state index is 9.53. The van der Waals surface area contributed by atoms with Gasteiger partial charge in [-0.3, -0.25) is 4.57 Å². The Morgan fingerprint density at radius 1 is 0.375 bits per heavy atom. The topological polar surface area (TPSA) is 48.5 Å². The highest BCUT2D eigenvalue weighted by molar-refractivity contribution is 6.28. The van der Waals surface area contributed by atoms with Crippen LogP contribution in [-0.2, 0) is 0 Å². The van der Waals surface area contributed by atoms with Gasteiger partial charge in [-0.2, -0.15) is 9.97 Å². The molecule has 5 nitrogen and oxygen atoms in total. The number of rotatable bonds is 6. The first-order valence-corrected chi connectivity index (χ1v) is 17.7. The minimum absolute atomic E-state index is 0.165. The average Bonchev–Trinajstić information content (AvgIpc) is 3.90. The molecule has 0 spiro atoms. The van der Waals surface area contributed by atoms with Gasteiger partial charge in [0.1, 0.15) is 0 Å². The second-order valence-electron chi connectivity index (χ2n) is 13.0. The highest BCUT2D eigenvalue weighted by Gasteiger charge is 2.22. The first kappa shape index (κ1) is 20.7. The van der Waals surface area contributed by atoms with Gasteiger partial charge in [0.15, 0.2) is 11.6 Å². The maximum atomic E-state index is 9.53. The summed E-state index contributed by atoms with van der Waals surface area (Å²) in [6, 6.07) is 27.8. The zero-order chi connectivity index (χ0) is 49.2. The van der Waals surface area contributed by atoms with Gasteiger partial charge in [-0.1, -0.05) is 157 Å². The quantitative estimate of drug-likeness (QED) is 0.171. The molecule has 3 heterocycles. The molecule has 0 unspecified atom stereocenters. The minimum atomic E-state index is -0.774. The third-order valence-electron chi connectivity index (χ3n) is 9.83. The van der Waals surface area contributed by atoms with E-state index in [4.69, 9.17) is 26.4 Å². The molecule has 3 aromatic heterocycles. The van der Waals surface area contributed by atoms with Crippen molar-refractivity contribution in [2.75, 3.05) is 0 Å². The molecule has 0 bridgehead atoms. The lowest BCUT2D eigenvalue weighted by molar-refractivity contribution is 0.953. The smallest absolute Gasteiger partial charge is 0.238 e. The van der Waals surface area contributed by atoms with Crippen molar-refractivity contribution in [3.05, 3.63) is 200 Å². The molecule has 0 radical (unpaired) electrons. The first-order valence-electron chi connectivity index (χ1n) is 24.7. The first-order chi connectivity index (χ1) is 33.6. The van der Waals surface area contributed by atoms with Crippen molar-refractivity contribution in [1.29, 1.82) is 0 Å². The van der Waals surface area contributed by atoms with Gasteiger partial charge in [-0.25, -0.2) is 4.98 Å². The van der Waals surface area contributed by atoms with Crippen LogP contribution in [0.2, 0.25) is 0 Å². The molecule has 11 aromatic rings. The maximum Gasteiger partial charge on any atom is 0.238 e. The Labute approximate surface area is 343 Å². The van der Waals surface area contributed by atoms with E-state index in [1.54, 1.807) is 4.57 Å². The van der Waals surface area contributed by atoms with Crippen molar-refractivity contribution < 1.29 is 19.2 Å². The van der Waals surface area contributed by atoms with E-state index in [0.29, 0.717) is 11.0 Å². The Morgan fingerprint density at radius 3 is 1.64 bits per heavy atom. The second kappa shape index (κ2) is 13.0. The van der Waals surface area contributed by atoms with Gasteiger partial charge >= 0.3 is 0 Å². The summed E-state index contributed by atoms with van der Waals surface area (Å²) in [7, 11) is 0. The van der Waals surface area contributed by atoms with Crippen LogP contribution in [-0.4, -0.2) is 24.1 Å². The zero-order valence-electron chi connectivity index (χ0n) is 43.2. The number of para-hydroxylation sites is 2. The number of hydrogen-bond donors (Lipinski definition) is 0. The van der Waals surface area contributed by atoms with Gasteiger partial charge in [0.25, 0.3) is 0 Å². The molecule has 0 fully saturated rings. The van der Waals surface area contributed by atoms with Crippen molar-refractivity contribution in [1.82, 2.24) is 24.1 Å². The summed E-state index contributed by atoms with van der Waals surface area (Å²) in [6.07, 6.45) is 0. The average molecular weight is 730 g/mol. The lowest BCUT2D eigenvalue weighted by Gasteiger charge is -2.12. The molecule has 8 aromatic carbocycles. The molecule has 0 amide bonds. The molecule has 0 saturated carbocycles. The summed E-state index contributed by atoms with van der Waals surface area (Å²) in [5.41, 5.74) is 3.98. The van der Waals surface area contributed by atoms with Crippen molar-refractivity contribution in [2.45, 2.75) is 0 Å². The Bertz CT molecular complexity index is 4020. The van der Waals surface area contributed by atoms with Gasteiger partial charge in [0.05, 0.1) is 41.3 Å². The van der Waals surface area contributed by atoms with E-state index in [1.807, 2.05) is 78.9 Å². The summed E-state index contributed by atoms with van der Waals surface area (Å²) < 4.78 is 126. The fourth-order valence-electron chi connectivity index (χ4n) is 7.47. The third-order valence-corrected chi connectivity index (χ3v) is 9.83. The van der Waals surface area contributed by atoms with E-state index in [9.17, 15) is 2.74 Å². The molecule has 0 aliphatic heterocycles. The Hall–Kier alpha value is -7.63. The van der Waals surface area contributed by atoms with Crippen LogP contribution in [0.5, 0.6) is 0 Å². The predicted molar refractivity (Wildman–Crippen MR) is 230 cm³/mol. The zero-order valence-corrected chi connectivity index (χ0v) is 29.2. The summed E-state index contributed by atoms with van der Waals surface area (Å²) >= 11 is 0.